The van der Waals surface area contributed by atoms with Gasteiger partial charge in [-0.15, -0.1) is 4.47 Å². The number of allylic oxidation sites excluding steroid dienone is 1. The zero-order chi connectivity index (χ0) is 28.0. The third-order valence-corrected chi connectivity index (χ3v) is 13.0. The monoisotopic (exact) mass is 547 g/mol. The molecule has 0 aliphatic carbocycles. The van der Waals surface area contributed by atoms with Crippen LogP contribution in [0.1, 0.15) is 63.6 Å². The minimum Gasteiger partial charge on any atom is -0.306 e. The highest BCUT2D eigenvalue weighted by molar-refractivity contribution is 7.89. The lowest BCUT2D eigenvalue weighted by atomic mass is 9.98. The predicted molar refractivity (Wildman–Crippen MR) is 160 cm³/mol. The highest BCUT2D eigenvalue weighted by Crippen LogP contribution is 2.40. The fraction of sp³-hybridized carbons (Fsp3) is 0.344. The van der Waals surface area contributed by atoms with E-state index in [4.69, 9.17) is 4.53 Å². The van der Waals surface area contributed by atoms with E-state index in [0.717, 1.165) is 35.1 Å². The van der Waals surface area contributed by atoms with Crippen LogP contribution >= 0.6 is 0 Å². The summed E-state index contributed by atoms with van der Waals surface area (Å²) in [6.07, 6.45) is 2.23. The summed E-state index contributed by atoms with van der Waals surface area (Å²) in [5.74, 6) is 0. The molecule has 0 atom stereocenters. The molecule has 38 heavy (non-hydrogen) atoms. The van der Waals surface area contributed by atoms with E-state index in [0.29, 0.717) is 12.1 Å². The van der Waals surface area contributed by atoms with Crippen LogP contribution in [0.3, 0.4) is 0 Å². The fourth-order valence-electron chi connectivity index (χ4n) is 3.61. The number of nitrogens with zero attached hydrogens (tertiary/aromatic N) is 1. The fourth-order valence-corrected chi connectivity index (χ4v) is 6.46. The molecular formula is C32H41NO3SSi. The highest BCUT2D eigenvalue weighted by Gasteiger charge is 2.43. The Morgan fingerprint density at radius 2 is 1.37 bits per heavy atom. The third-order valence-electron chi connectivity index (χ3n) is 7.04. The number of sulfonamides is 1. The van der Waals surface area contributed by atoms with E-state index in [-0.39, 0.29) is 9.93 Å². The minimum absolute atomic E-state index is 0.199. The molecular weight excluding hydrogens is 507 g/mol. The molecule has 202 valence electrons. The van der Waals surface area contributed by atoms with Crippen LogP contribution in [-0.2, 0) is 14.6 Å². The van der Waals surface area contributed by atoms with Crippen molar-refractivity contribution in [2.45, 2.75) is 76.9 Å². The minimum atomic E-state index is -4.02. The second-order valence-corrected chi connectivity index (χ2v) is 17.6. The van der Waals surface area contributed by atoms with Crippen LogP contribution < -0.4 is 0 Å². The van der Waals surface area contributed by atoms with Crippen molar-refractivity contribution in [1.82, 2.24) is 4.47 Å². The maximum Gasteiger partial charge on any atom is 0.286 e. The molecule has 0 saturated heterocycles. The van der Waals surface area contributed by atoms with Crippen LogP contribution in [0.25, 0.3) is 5.57 Å². The van der Waals surface area contributed by atoms with Gasteiger partial charge in [-0.3, -0.25) is 0 Å². The van der Waals surface area contributed by atoms with E-state index in [1.165, 1.54) is 4.47 Å². The Kier molecular flexibility index (Phi) is 9.61. The van der Waals surface area contributed by atoms with Gasteiger partial charge < -0.3 is 4.53 Å². The average molecular weight is 548 g/mol. The summed E-state index contributed by atoms with van der Waals surface area (Å²) in [6, 6.07) is 27.0. The number of aryl methyl sites for hydroxylation is 1. The molecule has 0 unspecified atom stereocenters. The quantitative estimate of drug-likeness (QED) is 0.145. The van der Waals surface area contributed by atoms with Gasteiger partial charge in [0.2, 0.25) is 8.32 Å². The van der Waals surface area contributed by atoms with Crippen molar-refractivity contribution in [3.63, 3.8) is 0 Å². The second-order valence-electron chi connectivity index (χ2n) is 11.2. The van der Waals surface area contributed by atoms with E-state index in [2.05, 4.69) is 46.5 Å². The number of hydrogen-bond donors (Lipinski definition) is 0. The van der Waals surface area contributed by atoms with Crippen LogP contribution in [0.2, 0.25) is 18.1 Å². The van der Waals surface area contributed by atoms with E-state index >= 15 is 0 Å². The number of hydrogen-bond acceptors (Lipinski definition) is 3. The van der Waals surface area contributed by atoms with Gasteiger partial charge in [-0.25, -0.2) is 0 Å². The van der Waals surface area contributed by atoms with Gasteiger partial charge >= 0.3 is 0 Å². The first-order chi connectivity index (χ1) is 17.9. The summed E-state index contributed by atoms with van der Waals surface area (Å²) >= 11 is 0. The third kappa shape index (κ3) is 7.15. The van der Waals surface area contributed by atoms with Crippen molar-refractivity contribution in [2.24, 2.45) is 0 Å². The smallest absolute Gasteiger partial charge is 0.286 e. The van der Waals surface area contributed by atoms with E-state index < -0.39 is 18.3 Å². The molecule has 3 aromatic carbocycles. The number of hydroxylamine groups is 1. The van der Waals surface area contributed by atoms with Crippen molar-refractivity contribution in [1.29, 1.82) is 0 Å². The van der Waals surface area contributed by atoms with Gasteiger partial charge in [0.25, 0.3) is 10.0 Å². The molecule has 0 saturated carbocycles. The van der Waals surface area contributed by atoms with Crippen LogP contribution in [-0.4, -0.2) is 21.2 Å². The van der Waals surface area contributed by atoms with Crippen LogP contribution in [0.4, 0.5) is 0 Å². The van der Waals surface area contributed by atoms with E-state index in [1.54, 1.807) is 12.1 Å². The maximum atomic E-state index is 14.3. The summed E-state index contributed by atoms with van der Waals surface area (Å²) in [5, 5.41) is -0.199. The Labute approximate surface area is 230 Å². The summed E-state index contributed by atoms with van der Waals surface area (Å²) in [7, 11) is -6.57. The Hall–Kier alpha value is -2.89. The van der Waals surface area contributed by atoms with E-state index in [9.17, 15) is 8.42 Å². The molecule has 0 bridgehead atoms. The summed E-state index contributed by atoms with van der Waals surface area (Å²) in [6.45, 7) is 14.5. The molecule has 0 aliphatic rings. The lowest BCUT2D eigenvalue weighted by molar-refractivity contribution is 0.0501. The number of rotatable bonds is 10. The number of unbranched alkanes of at least 4 members (excludes halogenated alkanes) is 1. The normalized spacial score (nSPS) is 12.1. The van der Waals surface area contributed by atoms with Crippen molar-refractivity contribution in [3.05, 3.63) is 113 Å². The van der Waals surface area contributed by atoms with Crippen LogP contribution in [0.15, 0.2) is 101 Å². The van der Waals surface area contributed by atoms with Gasteiger partial charge in [0, 0.05) is 5.57 Å². The molecule has 4 nitrogen and oxygen atoms in total. The lowest BCUT2D eigenvalue weighted by Gasteiger charge is -2.40. The van der Waals surface area contributed by atoms with Gasteiger partial charge in [-0.05, 0) is 61.2 Å². The van der Waals surface area contributed by atoms with Crippen molar-refractivity contribution >= 4 is 23.9 Å². The summed E-state index contributed by atoms with van der Waals surface area (Å²) in [4.78, 5) is 0.207. The summed E-state index contributed by atoms with van der Waals surface area (Å²) < 4.78 is 36.4. The molecule has 0 N–H and O–H groups in total. The Morgan fingerprint density at radius 1 is 0.868 bits per heavy atom. The Morgan fingerprint density at radius 3 is 1.82 bits per heavy atom. The van der Waals surface area contributed by atoms with E-state index in [1.807, 2.05) is 79.7 Å². The maximum absolute atomic E-state index is 14.3. The molecule has 0 radical (unpaired) electrons. The van der Waals surface area contributed by atoms with Gasteiger partial charge in [0.1, 0.15) is 5.70 Å². The highest BCUT2D eigenvalue weighted by atomic mass is 32.2. The SMILES string of the molecule is CCCCC(=C=C(c1ccccc1)c1ccccc1)N(O[Si](C)(C)C(C)(C)C)S(=O)(=O)c1ccc(C)cc1. The molecule has 3 aromatic rings. The zero-order valence-corrected chi connectivity index (χ0v) is 25.6. The topological polar surface area (TPSA) is 46.6 Å². The largest absolute Gasteiger partial charge is 0.306 e. The first kappa shape index (κ1) is 29.7. The molecule has 0 aliphatic heterocycles. The molecule has 0 heterocycles. The molecule has 0 amide bonds. The molecule has 3 rings (SSSR count). The van der Waals surface area contributed by atoms with Crippen molar-refractivity contribution in [3.8, 4) is 0 Å². The molecule has 0 aromatic heterocycles. The first-order valence-corrected chi connectivity index (χ1v) is 17.6. The van der Waals surface area contributed by atoms with Crippen LogP contribution in [0.5, 0.6) is 0 Å². The molecule has 0 spiro atoms. The van der Waals surface area contributed by atoms with Gasteiger partial charge in [-0.1, -0.05) is 118 Å². The van der Waals surface area contributed by atoms with Crippen LogP contribution in [0, 0.1) is 6.92 Å². The molecule has 6 heteroatoms. The van der Waals surface area contributed by atoms with Crippen molar-refractivity contribution < 1.29 is 12.9 Å². The number of benzene rings is 3. The Bertz CT molecular complexity index is 1330. The zero-order valence-electron chi connectivity index (χ0n) is 23.8. The standard InChI is InChI=1S/C32H41NO3SSi/c1-8-9-20-29(25-31(27-16-12-10-13-17-27)28-18-14-11-15-19-28)33(36-38(6,7)32(3,4)5)37(34,35)30-23-21-26(2)22-24-30/h10-19,21-24H,8-9,20H2,1-7H3. The van der Waals surface area contributed by atoms with Gasteiger partial charge in [-0.2, -0.15) is 8.42 Å². The predicted octanol–water partition coefficient (Wildman–Crippen LogP) is 8.73. The van der Waals surface area contributed by atoms with Gasteiger partial charge in [0.05, 0.1) is 4.90 Å². The van der Waals surface area contributed by atoms with Crippen molar-refractivity contribution in [2.75, 3.05) is 0 Å². The summed E-state index contributed by atoms with van der Waals surface area (Å²) in [5.41, 5.74) is 7.84. The lowest BCUT2D eigenvalue weighted by Crippen LogP contribution is -2.48. The first-order valence-electron chi connectivity index (χ1n) is 13.3. The Balaban J connectivity index is 2.37. The van der Waals surface area contributed by atoms with Gasteiger partial charge in [0.15, 0.2) is 0 Å². The molecule has 0 fully saturated rings. The average Bonchev–Trinajstić information content (AvgIpc) is 2.88. The second kappa shape index (κ2) is 12.3.